The zero-order valence-electron chi connectivity index (χ0n) is 13.2. The molecule has 1 N–H and O–H groups in total. The SMILES string of the molecule is Cc1onc(C(C)(C)C)c1C(=O)Nc1ccc(C(F)(F)F)cc1. The highest BCUT2D eigenvalue weighted by molar-refractivity contribution is 6.05. The molecular weight excluding hydrogens is 309 g/mol. The number of rotatable bonds is 2. The van der Waals surface area contributed by atoms with Gasteiger partial charge in [-0.2, -0.15) is 13.2 Å². The van der Waals surface area contributed by atoms with E-state index in [2.05, 4.69) is 10.5 Å². The lowest BCUT2D eigenvalue weighted by molar-refractivity contribution is -0.137. The maximum atomic E-state index is 12.5. The van der Waals surface area contributed by atoms with Crippen molar-refractivity contribution in [1.29, 1.82) is 0 Å². The predicted octanol–water partition coefficient (Wildman–Crippen LogP) is 4.55. The normalized spacial score (nSPS) is 12.3. The Morgan fingerprint density at radius 2 is 1.70 bits per heavy atom. The Morgan fingerprint density at radius 3 is 2.17 bits per heavy atom. The first-order valence-corrected chi connectivity index (χ1v) is 6.95. The van der Waals surface area contributed by atoms with Crippen LogP contribution in [0.1, 0.15) is 48.1 Å². The zero-order chi connectivity index (χ0) is 17.4. The second-order valence-corrected chi connectivity index (χ2v) is 6.24. The summed E-state index contributed by atoms with van der Waals surface area (Å²) in [6, 6.07) is 4.25. The summed E-state index contributed by atoms with van der Waals surface area (Å²) in [6.07, 6.45) is -4.41. The number of hydrogen-bond acceptors (Lipinski definition) is 3. The molecule has 0 radical (unpaired) electrons. The Balaban J connectivity index is 2.25. The Morgan fingerprint density at radius 1 is 1.13 bits per heavy atom. The van der Waals surface area contributed by atoms with E-state index in [0.717, 1.165) is 12.1 Å². The number of carbonyl (C=O) groups excluding carboxylic acids is 1. The molecule has 1 aromatic carbocycles. The van der Waals surface area contributed by atoms with E-state index in [0.29, 0.717) is 17.0 Å². The van der Waals surface area contributed by atoms with Gasteiger partial charge in [0.2, 0.25) is 0 Å². The zero-order valence-corrected chi connectivity index (χ0v) is 13.2. The number of amides is 1. The first-order chi connectivity index (χ1) is 10.5. The lowest BCUT2D eigenvalue weighted by atomic mass is 9.88. The number of alkyl halides is 3. The summed E-state index contributed by atoms with van der Waals surface area (Å²) >= 11 is 0. The molecule has 0 fully saturated rings. The van der Waals surface area contributed by atoms with E-state index in [1.54, 1.807) is 6.92 Å². The lowest BCUT2D eigenvalue weighted by Crippen LogP contribution is -2.21. The van der Waals surface area contributed by atoms with Gasteiger partial charge in [0.25, 0.3) is 5.91 Å². The molecule has 0 bridgehead atoms. The number of aryl methyl sites for hydroxylation is 1. The molecule has 0 aliphatic rings. The topological polar surface area (TPSA) is 55.1 Å². The van der Waals surface area contributed by atoms with E-state index in [1.807, 2.05) is 20.8 Å². The van der Waals surface area contributed by atoms with Gasteiger partial charge in [-0.3, -0.25) is 4.79 Å². The smallest absolute Gasteiger partial charge is 0.361 e. The Labute approximate surface area is 131 Å². The first kappa shape index (κ1) is 17.1. The van der Waals surface area contributed by atoms with Crippen LogP contribution in [0.5, 0.6) is 0 Å². The summed E-state index contributed by atoms with van der Waals surface area (Å²) in [6.45, 7) is 7.28. The summed E-state index contributed by atoms with van der Waals surface area (Å²) in [7, 11) is 0. The Bertz CT molecular complexity index is 710. The fourth-order valence-corrected chi connectivity index (χ4v) is 2.09. The van der Waals surface area contributed by atoms with Gasteiger partial charge in [-0.25, -0.2) is 0 Å². The Hall–Kier alpha value is -2.31. The second kappa shape index (κ2) is 5.72. The molecule has 1 amide bonds. The third-order valence-electron chi connectivity index (χ3n) is 3.27. The van der Waals surface area contributed by atoms with E-state index >= 15 is 0 Å². The number of nitrogens with zero attached hydrogens (tertiary/aromatic N) is 1. The van der Waals surface area contributed by atoms with Crippen LogP contribution < -0.4 is 5.32 Å². The van der Waals surface area contributed by atoms with Gasteiger partial charge >= 0.3 is 6.18 Å². The summed E-state index contributed by atoms with van der Waals surface area (Å²) in [5.41, 5.74) is -0.0998. The average molecular weight is 326 g/mol. The van der Waals surface area contributed by atoms with Crippen molar-refractivity contribution in [3.8, 4) is 0 Å². The van der Waals surface area contributed by atoms with Crippen LogP contribution in [0, 0.1) is 6.92 Å². The molecule has 0 aliphatic heterocycles. The van der Waals surface area contributed by atoms with Gasteiger partial charge in [0.05, 0.1) is 5.56 Å². The van der Waals surface area contributed by atoms with Crippen LogP contribution in [0.4, 0.5) is 18.9 Å². The number of nitrogens with one attached hydrogen (secondary N) is 1. The minimum atomic E-state index is -4.41. The van der Waals surface area contributed by atoms with Crippen molar-refractivity contribution in [2.45, 2.75) is 39.3 Å². The van der Waals surface area contributed by atoms with Gasteiger partial charge in [0.15, 0.2) is 0 Å². The molecule has 2 rings (SSSR count). The highest BCUT2D eigenvalue weighted by Crippen LogP contribution is 2.30. The van der Waals surface area contributed by atoms with Crippen molar-refractivity contribution in [3.63, 3.8) is 0 Å². The number of anilines is 1. The van der Waals surface area contributed by atoms with Crippen LogP contribution in [0.25, 0.3) is 0 Å². The standard InChI is InChI=1S/C16H17F3N2O2/c1-9-12(13(21-23-9)15(2,3)4)14(22)20-11-7-5-10(6-8-11)16(17,18)19/h5-8H,1-4H3,(H,20,22). The maximum Gasteiger partial charge on any atom is 0.416 e. The molecular formula is C16H17F3N2O2. The van der Waals surface area contributed by atoms with E-state index in [9.17, 15) is 18.0 Å². The van der Waals surface area contributed by atoms with Crippen molar-refractivity contribution in [2.75, 3.05) is 5.32 Å². The number of carbonyl (C=O) groups is 1. The summed E-state index contributed by atoms with van der Waals surface area (Å²) in [5, 5.41) is 6.48. The van der Waals surface area contributed by atoms with Crippen molar-refractivity contribution >= 4 is 11.6 Å². The molecule has 0 atom stereocenters. The molecule has 1 aromatic heterocycles. The second-order valence-electron chi connectivity index (χ2n) is 6.24. The van der Waals surface area contributed by atoms with Crippen LogP contribution in [0.3, 0.4) is 0 Å². The van der Waals surface area contributed by atoms with Gasteiger partial charge in [0, 0.05) is 11.1 Å². The highest BCUT2D eigenvalue weighted by Gasteiger charge is 2.31. The van der Waals surface area contributed by atoms with Gasteiger partial charge in [0.1, 0.15) is 17.0 Å². The van der Waals surface area contributed by atoms with E-state index in [4.69, 9.17) is 4.52 Å². The molecule has 0 spiro atoms. The molecule has 1 heterocycles. The largest absolute Gasteiger partial charge is 0.416 e. The molecule has 0 unspecified atom stereocenters. The van der Waals surface area contributed by atoms with Crippen LogP contribution in [-0.4, -0.2) is 11.1 Å². The number of benzene rings is 1. The molecule has 4 nitrogen and oxygen atoms in total. The van der Waals surface area contributed by atoms with Gasteiger partial charge in [-0.1, -0.05) is 25.9 Å². The average Bonchev–Trinajstić information content (AvgIpc) is 2.80. The summed E-state index contributed by atoms with van der Waals surface area (Å²) < 4.78 is 42.7. The van der Waals surface area contributed by atoms with Crippen molar-refractivity contribution in [1.82, 2.24) is 5.16 Å². The van der Waals surface area contributed by atoms with Gasteiger partial charge in [-0.15, -0.1) is 0 Å². The van der Waals surface area contributed by atoms with Crippen LogP contribution in [-0.2, 0) is 11.6 Å². The molecule has 23 heavy (non-hydrogen) atoms. The predicted molar refractivity (Wildman–Crippen MR) is 79.3 cm³/mol. The number of halogens is 3. The molecule has 7 heteroatoms. The molecule has 0 saturated carbocycles. The highest BCUT2D eigenvalue weighted by atomic mass is 19.4. The quantitative estimate of drug-likeness (QED) is 0.881. The van der Waals surface area contributed by atoms with Crippen LogP contribution in [0.15, 0.2) is 28.8 Å². The molecule has 2 aromatic rings. The third kappa shape index (κ3) is 3.72. The van der Waals surface area contributed by atoms with Crippen LogP contribution >= 0.6 is 0 Å². The first-order valence-electron chi connectivity index (χ1n) is 6.95. The van der Waals surface area contributed by atoms with Crippen molar-refractivity contribution < 1.29 is 22.5 Å². The number of hydrogen-bond donors (Lipinski definition) is 1. The maximum absolute atomic E-state index is 12.5. The monoisotopic (exact) mass is 326 g/mol. The fraction of sp³-hybridized carbons (Fsp3) is 0.375. The minimum Gasteiger partial charge on any atom is -0.361 e. The fourth-order valence-electron chi connectivity index (χ4n) is 2.09. The molecule has 0 aliphatic carbocycles. The van der Waals surface area contributed by atoms with Crippen LogP contribution in [0.2, 0.25) is 0 Å². The summed E-state index contributed by atoms with van der Waals surface area (Å²) in [4.78, 5) is 12.4. The van der Waals surface area contributed by atoms with Gasteiger partial charge < -0.3 is 9.84 Å². The number of aromatic nitrogens is 1. The minimum absolute atomic E-state index is 0.267. The summed E-state index contributed by atoms with van der Waals surface area (Å²) in [5.74, 6) is -0.104. The lowest BCUT2D eigenvalue weighted by Gasteiger charge is -2.16. The molecule has 124 valence electrons. The molecule has 0 saturated heterocycles. The third-order valence-corrected chi connectivity index (χ3v) is 3.27. The van der Waals surface area contributed by atoms with E-state index in [-0.39, 0.29) is 5.69 Å². The van der Waals surface area contributed by atoms with E-state index < -0.39 is 23.1 Å². The Kier molecular flexibility index (Phi) is 4.24. The van der Waals surface area contributed by atoms with E-state index in [1.165, 1.54) is 12.1 Å². The van der Waals surface area contributed by atoms with Crippen molar-refractivity contribution in [3.05, 3.63) is 46.8 Å². The van der Waals surface area contributed by atoms with Gasteiger partial charge in [-0.05, 0) is 31.2 Å². The van der Waals surface area contributed by atoms with Crippen molar-refractivity contribution in [2.24, 2.45) is 0 Å².